The average Bonchev–Trinajstić information content (AvgIpc) is 3.21. The van der Waals surface area contributed by atoms with Crippen molar-refractivity contribution in [3.05, 3.63) is 24.0 Å². The van der Waals surface area contributed by atoms with Crippen LogP contribution in [0.5, 0.6) is 0 Å². The molecule has 0 radical (unpaired) electrons. The number of alkyl halides is 3. The Balaban J connectivity index is 1.53. The summed E-state index contributed by atoms with van der Waals surface area (Å²) < 4.78 is 82.3. The molecule has 0 spiro atoms. The normalized spacial score (nSPS) is 18.7. The van der Waals surface area contributed by atoms with Gasteiger partial charge in [0.15, 0.2) is 0 Å². The van der Waals surface area contributed by atoms with Crippen molar-refractivity contribution in [2.24, 2.45) is 5.92 Å². The van der Waals surface area contributed by atoms with Crippen molar-refractivity contribution in [2.75, 3.05) is 50.7 Å². The maximum Gasteiger partial charge on any atom is 0.449 e. The molecular formula is C24H34F3N5O5S. The number of hydrogen-bond donors (Lipinski definition) is 0. The lowest BCUT2D eigenvalue weighted by molar-refractivity contribution is -0.147. The van der Waals surface area contributed by atoms with Crippen LogP contribution in [0, 0.1) is 5.92 Å². The predicted octanol–water partition coefficient (Wildman–Crippen LogP) is 3.72. The zero-order valence-electron chi connectivity index (χ0n) is 22.0. The van der Waals surface area contributed by atoms with Gasteiger partial charge in [-0.1, -0.05) is 0 Å². The summed E-state index contributed by atoms with van der Waals surface area (Å²) >= 11 is 0. The Morgan fingerprint density at radius 1 is 1.13 bits per heavy atom. The second-order valence-corrected chi connectivity index (χ2v) is 12.6. The quantitative estimate of drug-likeness (QED) is 0.552. The van der Waals surface area contributed by atoms with Crippen molar-refractivity contribution in [1.29, 1.82) is 0 Å². The van der Waals surface area contributed by atoms with Gasteiger partial charge in [0.1, 0.15) is 5.60 Å². The first-order valence-corrected chi connectivity index (χ1v) is 13.9. The fourth-order valence-corrected chi connectivity index (χ4v) is 5.99. The lowest BCUT2D eigenvalue weighted by Gasteiger charge is -2.36. The number of benzene rings is 1. The largest absolute Gasteiger partial charge is 0.449 e. The Morgan fingerprint density at radius 2 is 1.76 bits per heavy atom. The monoisotopic (exact) mass is 561 g/mol. The van der Waals surface area contributed by atoms with E-state index in [9.17, 15) is 26.4 Å². The summed E-state index contributed by atoms with van der Waals surface area (Å²) in [4.78, 5) is 17.6. The van der Waals surface area contributed by atoms with E-state index in [1.165, 1.54) is 39.0 Å². The highest BCUT2D eigenvalue weighted by Crippen LogP contribution is 2.34. The molecular weight excluding hydrogens is 527 g/mol. The first-order chi connectivity index (χ1) is 17.7. The molecule has 38 heavy (non-hydrogen) atoms. The van der Waals surface area contributed by atoms with Crippen molar-refractivity contribution in [1.82, 2.24) is 18.8 Å². The van der Waals surface area contributed by atoms with Crippen LogP contribution in [0.15, 0.2) is 18.2 Å². The number of ether oxygens (including phenoxy) is 2. The molecule has 4 rings (SSSR count). The van der Waals surface area contributed by atoms with Crippen LogP contribution >= 0.6 is 0 Å². The molecule has 1 aromatic heterocycles. The van der Waals surface area contributed by atoms with Gasteiger partial charge in [0.2, 0.25) is 5.82 Å². The summed E-state index contributed by atoms with van der Waals surface area (Å²) in [5.74, 6) is -0.968. The molecule has 2 aromatic rings. The number of carbonyl (C=O) groups excluding carboxylic acids is 1. The Hall–Kier alpha value is -2.58. The van der Waals surface area contributed by atoms with Gasteiger partial charge in [0, 0.05) is 53.0 Å². The fraction of sp³-hybridized carbons (Fsp3) is 0.667. The van der Waals surface area contributed by atoms with Crippen LogP contribution in [-0.2, 0) is 32.4 Å². The molecule has 1 amide bonds. The third kappa shape index (κ3) is 6.18. The number of halogens is 3. The lowest BCUT2D eigenvalue weighted by atomic mass is 10.0. The molecule has 0 N–H and O–H groups in total. The summed E-state index contributed by atoms with van der Waals surface area (Å²) in [6.45, 7) is 6.88. The zero-order chi connectivity index (χ0) is 27.9. The highest BCUT2D eigenvalue weighted by atomic mass is 32.2. The minimum atomic E-state index is -4.66. The number of anilines is 1. The third-order valence-corrected chi connectivity index (χ3v) is 8.61. The van der Waals surface area contributed by atoms with E-state index in [0.717, 1.165) is 4.31 Å². The Bertz CT molecular complexity index is 1260. The van der Waals surface area contributed by atoms with Crippen molar-refractivity contribution in [3.8, 4) is 0 Å². The van der Waals surface area contributed by atoms with Crippen LogP contribution in [-0.4, -0.2) is 85.3 Å². The van der Waals surface area contributed by atoms with Gasteiger partial charge in [-0.25, -0.2) is 9.78 Å². The summed E-state index contributed by atoms with van der Waals surface area (Å²) in [6.07, 6.45) is -3.84. The SMILES string of the molecule is CN(c1ccc2c(c1)nc(C(F)(F)F)n2CC1CCOCC1)S(=O)(=O)N1CCN(C(=O)OC(C)(C)C)CC1. The van der Waals surface area contributed by atoms with Crippen molar-refractivity contribution in [3.63, 3.8) is 0 Å². The van der Waals surface area contributed by atoms with Gasteiger partial charge in [0.05, 0.1) is 16.7 Å². The van der Waals surface area contributed by atoms with Crippen LogP contribution < -0.4 is 4.31 Å². The van der Waals surface area contributed by atoms with E-state index in [-0.39, 0.29) is 49.8 Å². The number of rotatable bonds is 5. The van der Waals surface area contributed by atoms with Crippen molar-refractivity contribution >= 4 is 33.0 Å². The molecule has 1 aromatic carbocycles. The molecule has 10 nitrogen and oxygen atoms in total. The first-order valence-electron chi connectivity index (χ1n) is 12.5. The Morgan fingerprint density at radius 3 is 2.34 bits per heavy atom. The number of carbonyl (C=O) groups is 1. The van der Waals surface area contributed by atoms with Crippen LogP contribution in [0.2, 0.25) is 0 Å². The number of imidazole rings is 1. The van der Waals surface area contributed by atoms with E-state index < -0.39 is 33.9 Å². The van der Waals surface area contributed by atoms with E-state index in [2.05, 4.69) is 4.98 Å². The van der Waals surface area contributed by atoms with Gasteiger partial charge in [-0.05, 0) is 57.7 Å². The second kappa shape index (κ2) is 10.5. The van der Waals surface area contributed by atoms with Crippen LogP contribution in [0.4, 0.5) is 23.7 Å². The molecule has 0 saturated carbocycles. The van der Waals surface area contributed by atoms with Gasteiger partial charge < -0.3 is 18.9 Å². The topological polar surface area (TPSA) is 97.2 Å². The number of amides is 1. The van der Waals surface area contributed by atoms with E-state index in [1.807, 2.05) is 0 Å². The minimum absolute atomic E-state index is 0.0318. The molecule has 2 saturated heterocycles. The smallest absolute Gasteiger partial charge is 0.444 e. The van der Waals surface area contributed by atoms with Gasteiger partial charge in [-0.3, -0.25) is 4.31 Å². The van der Waals surface area contributed by atoms with E-state index in [0.29, 0.717) is 31.6 Å². The number of piperazine rings is 1. The molecule has 2 aliphatic rings. The number of nitrogens with zero attached hydrogens (tertiary/aromatic N) is 5. The van der Waals surface area contributed by atoms with Gasteiger partial charge in [-0.15, -0.1) is 0 Å². The highest BCUT2D eigenvalue weighted by molar-refractivity contribution is 7.90. The molecule has 0 atom stereocenters. The van der Waals surface area contributed by atoms with Gasteiger partial charge in [0.25, 0.3) is 0 Å². The maximum absolute atomic E-state index is 13.9. The van der Waals surface area contributed by atoms with E-state index >= 15 is 0 Å². The molecule has 2 aliphatic heterocycles. The number of hydrogen-bond acceptors (Lipinski definition) is 6. The molecule has 0 unspecified atom stereocenters. The molecule has 0 aliphatic carbocycles. The van der Waals surface area contributed by atoms with Crippen LogP contribution in [0.25, 0.3) is 11.0 Å². The van der Waals surface area contributed by atoms with Crippen molar-refractivity contribution < 1.29 is 35.9 Å². The Kier molecular flexibility index (Phi) is 7.88. The minimum Gasteiger partial charge on any atom is -0.444 e. The second-order valence-electron chi connectivity index (χ2n) is 10.6. The Labute approximate surface area is 220 Å². The average molecular weight is 562 g/mol. The molecule has 3 heterocycles. The summed E-state index contributed by atoms with van der Waals surface area (Å²) in [5, 5.41) is 0. The number of aromatic nitrogens is 2. The lowest BCUT2D eigenvalue weighted by Crippen LogP contribution is -2.54. The molecule has 14 heteroatoms. The van der Waals surface area contributed by atoms with Gasteiger partial charge in [-0.2, -0.15) is 25.9 Å². The molecule has 2 fully saturated rings. The van der Waals surface area contributed by atoms with E-state index in [4.69, 9.17) is 9.47 Å². The predicted molar refractivity (Wildman–Crippen MR) is 135 cm³/mol. The standard InChI is InChI=1S/C24H34F3N5O5S/c1-23(2,3)37-22(33)30-9-11-31(12-10-30)38(34,35)29(4)18-5-6-20-19(15-18)28-21(24(25,26)27)32(20)16-17-7-13-36-14-8-17/h5-6,15,17H,7-14,16H2,1-4H3. The van der Waals surface area contributed by atoms with Crippen LogP contribution in [0.1, 0.15) is 39.4 Å². The summed E-state index contributed by atoms with van der Waals surface area (Å²) in [6, 6.07) is 4.33. The zero-order valence-corrected chi connectivity index (χ0v) is 22.8. The first kappa shape index (κ1) is 28.4. The highest BCUT2D eigenvalue weighted by Gasteiger charge is 2.39. The van der Waals surface area contributed by atoms with Crippen molar-refractivity contribution in [2.45, 2.75) is 51.9 Å². The van der Waals surface area contributed by atoms with E-state index in [1.54, 1.807) is 20.8 Å². The molecule has 0 bridgehead atoms. The number of fused-ring (bicyclic) bond motifs is 1. The fourth-order valence-electron chi connectivity index (χ4n) is 4.64. The van der Waals surface area contributed by atoms with Crippen LogP contribution in [0.3, 0.4) is 0 Å². The van der Waals surface area contributed by atoms with Gasteiger partial charge >= 0.3 is 22.5 Å². The third-order valence-electron chi connectivity index (χ3n) is 6.69. The molecule has 212 valence electrons. The summed E-state index contributed by atoms with van der Waals surface area (Å²) in [5.41, 5.74) is -0.109. The summed E-state index contributed by atoms with van der Waals surface area (Å²) in [7, 11) is -2.66. The maximum atomic E-state index is 13.9.